The molecule has 0 saturated heterocycles. The van der Waals surface area contributed by atoms with Crippen LogP contribution in [0.3, 0.4) is 0 Å². The molecule has 2 N–H and O–H groups in total. The molecule has 2 aromatic heterocycles. The largest absolute Gasteiger partial charge is 0.364 e. The topological polar surface area (TPSA) is 42.2 Å². The van der Waals surface area contributed by atoms with Gasteiger partial charge in [0.2, 0.25) is 0 Å². The van der Waals surface area contributed by atoms with Crippen LogP contribution in [-0.2, 0) is 0 Å². The first-order valence-electron chi connectivity index (χ1n) is 7.16. The lowest BCUT2D eigenvalue weighted by Gasteiger charge is -2.10. The molecule has 114 valence electrons. The summed E-state index contributed by atoms with van der Waals surface area (Å²) in [6.45, 7) is 1.94. The van der Waals surface area contributed by atoms with Gasteiger partial charge in [-0.15, -0.1) is 11.3 Å². The van der Waals surface area contributed by atoms with Crippen LogP contribution in [0.2, 0.25) is 0 Å². The first-order chi connectivity index (χ1) is 10.6. The predicted octanol–water partition coefficient (Wildman–Crippen LogP) is 2.68. The number of rotatable bonds is 5. The third-order valence-corrected chi connectivity index (χ3v) is 4.86. The van der Waals surface area contributed by atoms with Gasteiger partial charge < -0.3 is 10.2 Å². The molecular formula is C16H18BrN4S+. The van der Waals surface area contributed by atoms with Crippen molar-refractivity contribution in [3.63, 3.8) is 0 Å². The first kappa shape index (κ1) is 15.4. The Bertz CT molecular complexity index is 767. The quantitative estimate of drug-likeness (QED) is 0.718. The minimum absolute atomic E-state index is 0.893. The summed E-state index contributed by atoms with van der Waals surface area (Å²) in [4.78, 5) is 11.3. The predicted molar refractivity (Wildman–Crippen MR) is 96.7 cm³/mol. The van der Waals surface area contributed by atoms with E-state index >= 15 is 0 Å². The van der Waals surface area contributed by atoms with E-state index in [0.29, 0.717) is 0 Å². The van der Waals surface area contributed by atoms with E-state index in [-0.39, 0.29) is 0 Å². The van der Waals surface area contributed by atoms with Crippen molar-refractivity contribution in [2.75, 3.05) is 32.5 Å². The van der Waals surface area contributed by atoms with Gasteiger partial charge in [-0.25, -0.2) is 9.97 Å². The Labute approximate surface area is 142 Å². The fourth-order valence-corrected chi connectivity index (χ4v) is 3.46. The van der Waals surface area contributed by atoms with Crippen LogP contribution in [0.25, 0.3) is 21.3 Å². The third-order valence-electron chi connectivity index (χ3n) is 3.44. The molecule has 0 fully saturated rings. The van der Waals surface area contributed by atoms with E-state index in [0.717, 1.165) is 33.6 Å². The molecule has 0 aliphatic carbocycles. The summed E-state index contributed by atoms with van der Waals surface area (Å²) >= 11 is 5.14. The Balaban J connectivity index is 1.99. The number of benzene rings is 1. The fourth-order valence-electron chi connectivity index (χ4n) is 2.28. The van der Waals surface area contributed by atoms with E-state index in [9.17, 15) is 0 Å². The number of fused-ring (bicyclic) bond motifs is 1. The molecule has 0 saturated carbocycles. The highest BCUT2D eigenvalue weighted by Crippen LogP contribution is 2.36. The lowest BCUT2D eigenvalue weighted by atomic mass is 10.1. The van der Waals surface area contributed by atoms with Crippen molar-refractivity contribution >= 4 is 43.3 Å². The highest BCUT2D eigenvalue weighted by atomic mass is 79.9. The molecule has 3 rings (SSSR count). The van der Waals surface area contributed by atoms with Crippen LogP contribution in [0, 0.1) is 0 Å². The smallest absolute Gasteiger partial charge is 0.139 e. The molecule has 0 atom stereocenters. The van der Waals surface area contributed by atoms with Crippen molar-refractivity contribution in [1.29, 1.82) is 0 Å². The number of thiophene rings is 1. The maximum atomic E-state index is 4.45. The van der Waals surface area contributed by atoms with Gasteiger partial charge in [0.15, 0.2) is 0 Å². The molecule has 3 aromatic rings. The Hall–Kier alpha value is -1.50. The van der Waals surface area contributed by atoms with E-state index in [1.165, 1.54) is 16.0 Å². The number of halogens is 1. The number of aromatic nitrogens is 2. The van der Waals surface area contributed by atoms with E-state index in [4.69, 9.17) is 0 Å². The number of anilines is 1. The zero-order valence-electron chi connectivity index (χ0n) is 12.6. The van der Waals surface area contributed by atoms with Crippen molar-refractivity contribution in [2.45, 2.75) is 0 Å². The standard InChI is InChI=1S/C16H17BrN4S/c1-21(2)8-7-18-15-14-13(9-22-16(14)20-10-19-15)11-3-5-12(17)6-4-11/h3-6,9-10H,7-8H2,1-2H3,(H,18,19,20)/p+1. The van der Waals surface area contributed by atoms with Gasteiger partial charge in [-0.05, 0) is 17.7 Å². The Morgan fingerprint density at radius 1 is 1.18 bits per heavy atom. The zero-order chi connectivity index (χ0) is 15.5. The molecule has 0 spiro atoms. The van der Waals surface area contributed by atoms with Crippen molar-refractivity contribution in [3.05, 3.63) is 40.4 Å². The fraction of sp³-hybridized carbons (Fsp3) is 0.250. The summed E-state index contributed by atoms with van der Waals surface area (Å²) < 4.78 is 1.08. The maximum Gasteiger partial charge on any atom is 0.139 e. The molecule has 1 aromatic carbocycles. The first-order valence-corrected chi connectivity index (χ1v) is 8.83. The summed E-state index contributed by atoms with van der Waals surface area (Å²) in [5.74, 6) is 0.922. The molecule has 22 heavy (non-hydrogen) atoms. The second-order valence-corrected chi connectivity index (χ2v) is 7.22. The van der Waals surface area contributed by atoms with Gasteiger partial charge in [-0.2, -0.15) is 0 Å². The molecule has 0 radical (unpaired) electrons. The van der Waals surface area contributed by atoms with Crippen LogP contribution >= 0.6 is 27.3 Å². The van der Waals surface area contributed by atoms with Crippen LogP contribution in [0.5, 0.6) is 0 Å². The van der Waals surface area contributed by atoms with Crippen LogP contribution in [0.1, 0.15) is 0 Å². The Morgan fingerprint density at radius 3 is 2.68 bits per heavy atom. The summed E-state index contributed by atoms with van der Waals surface area (Å²) in [6.07, 6.45) is 1.63. The van der Waals surface area contributed by atoms with Crippen molar-refractivity contribution in [1.82, 2.24) is 9.97 Å². The lowest BCUT2D eigenvalue weighted by Crippen LogP contribution is -3.06. The Kier molecular flexibility index (Phi) is 4.71. The normalized spacial score (nSPS) is 11.3. The van der Waals surface area contributed by atoms with Gasteiger partial charge >= 0.3 is 0 Å². The molecule has 0 unspecified atom stereocenters. The highest BCUT2D eigenvalue weighted by molar-refractivity contribution is 9.10. The minimum atomic E-state index is 0.893. The maximum absolute atomic E-state index is 4.45. The average Bonchev–Trinajstić information content (AvgIpc) is 2.93. The summed E-state index contributed by atoms with van der Waals surface area (Å²) in [7, 11) is 4.30. The van der Waals surface area contributed by atoms with Crippen LogP contribution in [-0.4, -0.2) is 37.2 Å². The van der Waals surface area contributed by atoms with E-state index in [1.807, 2.05) is 0 Å². The molecule has 6 heteroatoms. The Morgan fingerprint density at radius 2 is 1.95 bits per heavy atom. The lowest BCUT2D eigenvalue weighted by molar-refractivity contribution is -0.856. The number of nitrogens with zero attached hydrogens (tertiary/aromatic N) is 2. The number of likely N-dealkylation sites (N-methyl/N-ethyl adjacent to an activating group) is 1. The van der Waals surface area contributed by atoms with Crippen molar-refractivity contribution < 1.29 is 4.90 Å². The number of hydrogen-bond donors (Lipinski definition) is 2. The monoisotopic (exact) mass is 377 g/mol. The molecule has 0 amide bonds. The molecular weight excluding hydrogens is 360 g/mol. The summed E-state index contributed by atoms with van der Waals surface area (Å²) in [5, 5.41) is 6.72. The van der Waals surface area contributed by atoms with Gasteiger partial charge in [0.1, 0.15) is 17.0 Å². The SMILES string of the molecule is C[NH+](C)CCNc1ncnc2scc(-c3ccc(Br)cc3)c12. The average molecular weight is 378 g/mol. The van der Waals surface area contributed by atoms with E-state index in [1.54, 1.807) is 17.7 Å². The minimum Gasteiger partial charge on any atom is -0.364 e. The van der Waals surface area contributed by atoms with Gasteiger partial charge in [0, 0.05) is 15.4 Å². The molecule has 0 bridgehead atoms. The van der Waals surface area contributed by atoms with Crippen LogP contribution < -0.4 is 10.2 Å². The molecule has 0 aliphatic rings. The van der Waals surface area contributed by atoms with Gasteiger partial charge in [0.05, 0.1) is 32.6 Å². The second-order valence-electron chi connectivity index (χ2n) is 5.44. The summed E-state index contributed by atoms with van der Waals surface area (Å²) in [5.41, 5.74) is 2.37. The number of quaternary nitrogens is 1. The second kappa shape index (κ2) is 6.73. The van der Waals surface area contributed by atoms with Crippen molar-refractivity contribution in [3.8, 4) is 11.1 Å². The molecule has 2 heterocycles. The van der Waals surface area contributed by atoms with Crippen LogP contribution in [0.15, 0.2) is 40.4 Å². The van der Waals surface area contributed by atoms with E-state index in [2.05, 4.69) is 75.0 Å². The zero-order valence-corrected chi connectivity index (χ0v) is 15.0. The number of hydrogen-bond acceptors (Lipinski definition) is 4. The molecule has 4 nitrogen and oxygen atoms in total. The van der Waals surface area contributed by atoms with Gasteiger partial charge in [-0.3, -0.25) is 0 Å². The summed E-state index contributed by atoms with van der Waals surface area (Å²) in [6, 6.07) is 8.36. The van der Waals surface area contributed by atoms with Crippen LogP contribution in [0.4, 0.5) is 5.82 Å². The van der Waals surface area contributed by atoms with Gasteiger partial charge in [-0.1, -0.05) is 28.1 Å². The highest BCUT2D eigenvalue weighted by Gasteiger charge is 2.13. The van der Waals surface area contributed by atoms with Gasteiger partial charge in [0.25, 0.3) is 0 Å². The molecule has 0 aliphatic heterocycles. The number of nitrogens with one attached hydrogen (secondary N) is 2. The van der Waals surface area contributed by atoms with E-state index < -0.39 is 0 Å². The van der Waals surface area contributed by atoms with Crippen molar-refractivity contribution in [2.24, 2.45) is 0 Å². The third kappa shape index (κ3) is 3.29.